The van der Waals surface area contributed by atoms with Gasteiger partial charge >= 0.3 is 0 Å². The molecular formula is C14H10ClN3. The molecule has 88 valence electrons. The average Bonchev–Trinajstić information content (AvgIpc) is 2.39. The minimum Gasteiger partial charge on any atom is -0.383 e. The standard InChI is InChI=1S/C14H10ClN3/c15-12-6-2-1-5-10(12)11-8-9-4-3-7-17-14(9)18-13(11)16/h1-8H,(H2,16,17,18). The number of nitrogen functional groups attached to an aromatic ring is 1. The summed E-state index contributed by atoms with van der Waals surface area (Å²) in [5.74, 6) is 0.439. The Morgan fingerprint density at radius 3 is 2.67 bits per heavy atom. The normalized spacial score (nSPS) is 10.7. The van der Waals surface area contributed by atoms with E-state index < -0.39 is 0 Å². The maximum absolute atomic E-state index is 6.18. The van der Waals surface area contributed by atoms with Crippen LogP contribution in [0.3, 0.4) is 0 Å². The number of nitrogens with two attached hydrogens (primary N) is 1. The Morgan fingerprint density at radius 1 is 1.00 bits per heavy atom. The van der Waals surface area contributed by atoms with Gasteiger partial charge in [-0.25, -0.2) is 9.97 Å². The van der Waals surface area contributed by atoms with Crippen LogP contribution in [0.15, 0.2) is 48.7 Å². The maximum Gasteiger partial charge on any atom is 0.161 e. The first-order valence-electron chi connectivity index (χ1n) is 5.52. The van der Waals surface area contributed by atoms with E-state index in [0.717, 1.165) is 16.5 Å². The Hall–Kier alpha value is -2.13. The largest absolute Gasteiger partial charge is 0.383 e. The lowest BCUT2D eigenvalue weighted by Gasteiger charge is -2.08. The van der Waals surface area contributed by atoms with Crippen molar-refractivity contribution >= 4 is 28.5 Å². The average molecular weight is 256 g/mol. The highest BCUT2D eigenvalue weighted by Crippen LogP contribution is 2.32. The summed E-state index contributed by atoms with van der Waals surface area (Å²) in [5.41, 5.74) is 8.34. The fraction of sp³-hybridized carbons (Fsp3) is 0. The molecule has 2 N–H and O–H groups in total. The summed E-state index contributed by atoms with van der Waals surface area (Å²) in [6.45, 7) is 0. The van der Waals surface area contributed by atoms with Crippen LogP contribution in [0.25, 0.3) is 22.2 Å². The van der Waals surface area contributed by atoms with Crippen molar-refractivity contribution in [1.82, 2.24) is 9.97 Å². The first kappa shape index (κ1) is 11.0. The smallest absolute Gasteiger partial charge is 0.161 e. The molecule has 4 heteroatoms. The number of rotatable bonds is 1. The Balaban J connectivity index is 2.30. The number of nitrogens with zero attached hydrogens (tertiary/aromatic N) is 2. The predicted octanol–water partition coefficient (Wildman–Crippen LogP) is 3.53. The minimum atomic E-state index is 0.439. The van der Waals surface area contributed by atoms with Gasteiger partial charge in [0.25, 0.3) is 0 Å². The number of aromatic nitrogens is 2. The van der Waals surface area contributed by atoms with E-state index in [0.29, 0.717) is 16.5 Å². The molecule has 0 fully saturated rings. The molecule has 2 heterocycles. The number of fused-ring (bicyclic) bond motifs is 1. The molecule has 0 saturated carbocycles. The fourth-order valence-electron chi connectivity index (χ4n) is 1.91. The van der Waals surface area contributed by atoms with Crippen molar-refractivity contribution in [1.29, 1.82) is 0 Å². The molecule has 1 aromatic carbocycles. The van der Waals surface area contributed by atoms with Crippen LogP contribution in [0, 0.1) is 0 Å². The zero-order valence-electron chi connectivity index (χ0n) is 9.47. The number of hydrogen-bond donors (Lipinski definition) is 1. The third-order valence-corrected chi connectivity index (χ3v) is 3.11. The monoisotopic (exact) mass is 255 g/mol. The van der Waals surface area contributed by atoms with E-state index in [4.69, 9.17) is 17.3 Å². The van der Waals surface area contributed by atoms with Gasteiger partial charge in [0.1, 0.15) is 5.82 Å². The van der Waals surface area contributed by atoms with Crippen molar-refractivity contribution in [3.63, 3.8) is 0 Å². The number of halogens is 1. The van der Waals surface area contributed by atoms with Crippen molar-refractivity contribution in [2.45, 2.75) is 0 Å². The fourth-order valence-corrected chi connectivity index (χ4v) is 2.15. The molecule has 0 aliphatic carbocycles. The summed E-state index contributed by atoms with van der Waals surface area (Å²) >= 11 is 6.18. The highest BCUT2D eigenvalue weighted by atomic mass is 35.5. The van der Waals surface area contributed by atoms with Crippen molar-refractivity contribution in [3.8, 4) is 11.1 Å². The molecule has 3 nitrogen and oxygen atoms in total. The number of benzene rings is 1. The third-order valence-electron chi connectivity index (χ3n) is 2.78. The molecule has 0 unspecified atom stereocenters. The summed E-state index contributed by atoms with van der Waals surface area (Å²) in [5, 5.41) is 1.61. The molecule has 2 aromatic heterocycles. The van der Waals surface area contributed by atoms with Crippen LogP contribution in [-0.2, 0) is 0 Å². The number of pyridine rings is 2. The van der Waals surface area contributed by atoms with Gasteiger partial charge in [0, 0.05) is 27.7 Å². The molecule has 3 aromatic rings. The van der Waals surface area contributed by atoms with Crippen molar-refractivity contribution in [2.75, 3.05) is 5.73 Å². The molecule has 18 heavy (non-hydrogen) atoms. The summed E-state index contributed by atoms with van der Waals surface area (Å²) in [6, 6.07) is 13.4. The molecular weight excluding hydrogens is 246 g/mol. The summed E-state index contributed by atoms with van der Waals surface area (Å²) < 4.78 is 0. The van der Waals surface area contributed by atoms with Crippen LogP contribution >= 0.6 is 11.6 Å². The third kappa shape index (κ3) is 1.79. The Bertz CT molecular complexity index is 725. The quantitative estimate of drug-likeness (QED) is 0.724. The van der Waals surface area contributed by atoms with Crippen molar-refractivity contribution < 1.29 is 0 Å². The van der Waals surface area contributed by atoms with Gasteiger partial charge in [0.05, 0.1) is 0 Å². The van der Waals surface area contributed by atoms with Gasteiger partial charge in [-0.1, -0.05) is 29.8 Å². The van der Waals surface area contributed by atoms with E-state index in [1.807, 2.05) is 42.5 Å². The lowest BCUT2D eigenvalue weighted by atomic mass is 10.1. The molecule has 0 amide bonds. The molecule has 0 spiro atoms. The zero-order chi connectivity index (χ0) is 12.5. The second-order valence-electron chi connectivity index (χ2n) is 3.95. The molecule has 0 aliphatic rings. The lowest BCUT2D eigenvalue weighted by molar-refractivity contribution is 1.29. The molecule has 0 aliphatic heterocycles. The van der Waals surface area contributed by atoms with Gasteiger partial charge in [-0.05, 0) is 24.3 Å². The van der Waals surface area contributed by atoms with Crippen molar-refractivity contribution in [3.05, 3.63) is 53.7 Å². The number of hydrogen-bond acceptors (Lipinski definition) is 3. The van der Waals surface area contributed by atoms with Crippen LogP contribution in [0.5, 0.6) is 0 Å². The predicted molar refractivity (Wildman–Crippen MR) is 74.4 cm³/mol. The number of anilines is 1. The molecule has 0 atom stereocenters. The Labute approximate surface area is 109 Å². The molecule has 0 bridgehead atoms. The second-order valence-corrected chi connectivity index (χ2v) is 4.36. The second kappa shape index (κ2) is 4.27. The van der Waals surface area contributed by atoms with Crippen LogP contribution in [0.2, 0.25) is 5.02 Å². The summed E-state index contributed by atoms with van der Waals surface area (Å²) in [6.07, 6.45) is 1.70. The van der Waals surface area contributed by atoms with Gasteiger partial charge in [-0.2, -0.15) is 0 Å². The minimum absolute atomic E-state index is 0.439. The van der Waals surface area contributed by atoms with Crippen LogP contribution in [0.1, 0.15) is 0 Å². The van der Waals surface area contributed by atoms with Crippen LogP contribution in [-0.4, -0.2) is 9.97 Å². The van der Waals surface area contributed by atoms with Crippen LogP contribution < -0.4 is 5.73 Å². The van der Waals surface area contributed by atoms with Gasteiger partial charge in [-0.3, -0.25) is 0 Å². The topological polar surface area (TPSA) is 51.8 Å². The van der Waals surface area contributed by atoms with E-state index >= 15 is 0 Å². The summed E-state index contributed by atoms with van der Waals surface area (Å²) in [4.78, 5) is 8.48. The molecule has 0 saturated heterocycles. The lowest BCUT2D eigenvalue weighted by Crippen LogP contribution is -1.96. The van der Waals surface area contributed by atoms with E-state index in [1.165, 1.54) is 0 Å². The first-order chi connectivity index (χ1) is 8.75. The Kier molecular flexibility index (Phi) is 2.61. The Morgan fingerprint density at radius 2 is 1.83 bits per heavy atom. The molecule has 0 radical (unpaired) electrons. The first-order valence-corrected chi connectivity index (χ1v) is 5.89. The van der Waals surface area contributed by atoms with E-state index in [9.17, 15) is 0 Å². The van der Waals surface area contributed by atoms with E-state index in [2.05, 4.69) is 9.97 Å². The van der Waals surface area contributed by atoms with Crippen LogP contribution in [0.4, 0.5) is 5.82 Å². The van der Waals surface area contributed by atoms with Gasteiger partial charge in [0.2, 0.25) is 0 Å². The van der Waals surface area contributed by atoms with E-state index in [1.54, 1.807) is 6.20 Å². The zero-order valence-corrected chi connectivity index (χ0v) is 10.2. The summed E-state index contributed by atoms with van der Waals surface area (Å²) in [7, 11) is 0. The van der Waals surface area contributed by atoms with Gasteiger partial charge < -0.3 is 5.73 Å². The van der Waals surface area contributed by atoms with Crippen molar-refractivity contribution in [2.24, 2.45) is 0 Å². The SMILES string of the molecule is Nc1nc2ncccc2cc1-c1ccccc1Cl. The highest BCUT2D eigenvalue weighted by molar-refractivity contribution is 6.33. The van der Waals surface area contributed by atoms with Gasteiger partial charge in [0.15, 0.2) is 5.65 Å². The molecule has 3 rings (SSSR count). The van der Waals surface area contributed by atoms with Gasteiger partial charge in [-0.15, -0.1) is 0 Å². The highest BCUT2D eigenvalue weighted by Gasteiger charge is 2.09. The van der Waals surface area contributed by atoms with E-state index in [-0.39, 0.29) is 0 Å². The maximum atomic E-state index is 6.18.